The molecule has 2 heteroatoms. The van der Waals surface area contributed by atoms with E-state index in [4.69, 9.17) is 0 Å². The number of aryl methyl sites for hydroxylation is 1. The summed E-state index contributed by atoms with van der Waals surface area (Å²) < 4.78 is 0. The van der Waals surface area contributed by atoms with Gasteiger partial charge in [0.05, 0.1) is 0 Å². The van der Waals surface area contributed by atoms with Gasteiger partial charge in [-0.1, -0.05) is 31.2 Å². The molecule has 1 rings (SSSR count). The summed E-state index contributed by atoms with van der Waals surface area (Å²) in [5.74, 6) is -0.00528. The molecule has 1 amide bonds. The van der Waals surface area contributed by atoms with Crippen molar-refractivity contribution in [2.24, 2.45) is 0 Å². The molecule has 0 radical (unpaired) electrons. The molecule has 0 aliphatic carbocycles. The summed E-state index contributed by atoms with van der Waals surface area (Å²) in [5.41, 5.74) is 2.78. The molecule has 1 aromatic carbocycles. The molecule has 0 unspecified atom stereocenters. The Balaban J connectivity index is 2.79. The topological polar surface area (TPSA) is 29.1 Å². The molecule has 0 aliphatic rings. The van der Waals surface area contributed by atoms with Crippen LogP contribution in [0, 0.1) is 6.92 Å². The molecule has 0 fully saturated rings. The maximum absolute atomic E-state index is 11.7. The Bertz CT molecular complexity index is 380. The molecule has 1 N–H and O–H groups in total. The fraction of sp³-hybridized carbons (Fsp3) is 0.308. The standard InChI is InChI=1S/C13H17NO/c1-4-11(5-2)13(15)14-12-9-7-6-8-10(12)3/h4,6-9H,5H2,1-3H3,(H,14,15). The monoisotopic (exact) mass is 203 g/mol. The first-order valence-corrected chi connectivity index (χ1v) is 5.21. The van der Waals surface area contributed by atoms with Gasteiger partial charge in [0, 0.05) is 11.3 Å². The first-order valence-electron chi connectivity index (χ1n) is 5.21. The lowest BCUT2D eigenvalue weighted by molar-refractivity contribution is -0.113. The zero-order valence-corrected chi connectivity index (χ0v) is 9.50. The highest BCUT2D eigenvalue weighted by atomic mass is 16.1. The zero-order chi connectivity index (χ0) is 11.3. The molecule has 1 aromatic rings. The van der Waals surface area contributed by atoms with Gasteiger partial charge in [0.2, 0.25) is 0 Å². The predicted octanol–water partition coefficient (Wildman–Crippen LogP) is 3.29. The fourth-order valence-electron chi connectivity index (χ4n) is 1.41. The van der Waals surface area contributed by atoms with Gasteiger partial charge in [0.25, 0.3) is 5.91 Å². The van der Waals surface area contributed by atoms with Crippen LogP contribution in [0.3, 0.4) is 0 Å². The summed E-state index contributed by atoms with van der Waals surface area (Å²) in [4.78, 5) is 11.7. The predicted molar refractivity (Wildman–Crippen MR) is 63.9 cm³/mol. The van der Waals surface area contributed by atoms with Crippen molar-refractivity contribution in [3.8, 4) is 0 Å². The number of nitrogens with one attached hydrogen (secondary N) is 1. The second-order valence-corrected chi connectivity index (χ2v) is 3.44. The van der Waals surface area contributed by atoms with Crippen LogP contribution in [0.1, 0.15) is 25.8 Å². The number of hydrogen-bond donors (Lipinski definition) is 1. The Labute approximate surface area is 91.0 Å². The van der Waals surface area contributed by atoms with E-state index in [-0.39, 0.29) is 5.91 Å². The van der Waals surface area contributed by atoms with Crippen molar-refractivity contribution in [3.05, 3.63) is 41.5 Å². The normalized spacial score (nSPS) is 11.3. The highest BCUT2D eigenvalue weighted by Gasteiger charge is 2.07. The Morgan fingerprint density at radius 1 is 1.40 bits per heavy atom. The van der Waals surface area contributed by atoms with E-state index < -0.39 is 0 Å². The van der Waals surface area contributed by atoms with Crippen LogP contribution in [-0.2, 0) is 4.79 Å². The molecule has 0 heterocycles. The van der Waals surface area contributed by atoms with Crippen molar-refractivity contribution in [1.29, 1.82) is 0 Å². The summed E-state index contributed by atoms with van der Waals surface area (Å²) in [6.45, 7) is 5.85. The van der Waals surface area contributed by atoms with E-state index in [0.717, 1.165) is 23.2 Å². The van der Waals surface area contributed by atoms with Gasteiger partial charge in [-0.05, 0) is 31.9 Å². The highest BCUT2D eigenvalue weighted by molar-refractivity contribution is 6.03. The molecule has 0 saturated heterocycles. The van der Waals surface area contributed by atoms with Gasteiger partial charge in [-0.2, -0.15) is 0 Å². The number of benzene rings is 1. The minimum atomic E-state index is -0.00528. The third-order valence-electron chi connectivity index (χ3n) is 2.41. The van der Waals surface area contributed by atoms with Gasteiger partial charge in [-0.3, -0.25) is 4.79 Å². The number of allylic oxidation sites excluding steroid dienone is 1. The Morgan fingerprint density at radius 3 is 2.60 bits per heavy atom. The average Bonchev–Trinajstić information content (AvgIpc) is 2.23. The summed E-state index contributed by atoms with van der Waals surface area (Å²) in [6, 6.07) is 7.78. The van der Waals surface area contributed by atoms with Crippen LogP contribution in [0.15, 0.2) is 35.9 Å². The summed E-state index contributed by atoms with van der Waals surface area (Å²) in [7, 11) is 0. The first kappa shape index (κ1) is 11.5. The lowest BCUT2D eigenvalue weighted by Crippen LogP contribution is -2.14. The van der Waals surface area contributed by atoms with Crippen molar-refractivity contribution in [2.75, 3.05) is 5.32 Å². The van der Waals surface area contributed by atoms with Crippen molar-refractivity contribution >= 4 is 11.6 Å². The molecule has 80 valence electrons. The number of carbonyl (C=O) groups is 1. The van der Waals surface area contributed by atoms with Crippen LogP contribution in [-0.4, -0.2) is 5.91 Å². The molecule has 0 saturated carbocycles. The fourth-order valence-corrected chi connectivity index (χ4v) is 1.41. The first-order chi connectivity index (χ1) is 7.19. The molecule has 0 atom stereocenters. The third kappa shape index (κ3) is 2.94. The van der Waals surface area contributed by atoms with Crippen LogP contribution in [0.4, 0.5) is 5.69 Å². The van der Waals surface area contributed by atoms with E-state index in [9.17, 15) is 4.79 Å². The van der Waals surface area contributed by atoms with E-state index >= 15 is 0 Å². The Kier molecular flexibility index (Phi) is 4.10. The van der Waals surface area contributed by atoms with Crippen molar-refractivity contribution in [1.82, 2.24) is 0 Å². The van der Waals surface area contributed by atoms with Gasteiger partial charge in [0.15, 0.2) is 0 Å². The van der Waals surface area contributed by atoms with Crippen molar-refractivity contribution in [2.45, 2.75) is 27.2 Å². The minimum Gasteiger partial charge on any atom is -0.322 e. The van der Waals surface area contributed by atoms with E-state index in [0.29, 0.717) is 0 Å². The number of carbonyl (C=O) groups excluding carboxylic acids is 1. The van der Waals surface area contributed by atoms with Gasteiger partial charge >= 0.3 is 0 Å². The second kappa shape index (κ2) is 5.35. The number of rotatable bonds is 3. The molecule has 15 heavy (non-hydrogen) atoms. The van der Waals surface area contributed by atoms with Crippen LogP contribution in [0.25, 0.3) is 0 Å². The molecule has 0 bridgehead atoms. The number of hydrogen-bond acceptors (Lipinski definition) is 1. The van der Waals surface area contributed by atoms with Crippen molar-refractivity contribution < 1.29 is 4.79 Å². The van der Waals surface area contributed by atoms with E-state index in [1.165, 1.54) is 0 Å². The van der Waals surface area contributed by atoms with Crippen LogP contribution < -0.4 is 5.32 Å². The number of para-hydroxylation sites is 1. The van der Waals surface area contributed by atoms with Gasteiger partial charge in [0.1, 0.15) is 0 Å². The van der Waals surface area contributed by atoms with E-state index in [1.54, 1.807) is 0 Å². The van der Waals surface area contributed by atoms with E-state index in [1.807, 2.05) is 51.1 Å². The van der Waals surface area contributed by atoms with Crippen molar-refractivity contribution in [3.63, 3.8) is 0 Å². The van der Waals surface area contributed by atoms with Crippen LogP contribution >= 0.6 is 0 Å². The highest BCUT2D eigenvalue weighted by Crippen LogP contribution is 2.14. The van der Waals surface area contributed by atoms with Crippen LogP contribution in [0.2, 0.25) is 0 Å². The third-order valence-corrected chi connectivity index (χ3v) is 2.41. The van der Waals surface area contributed by atoms with Gasteiger partial charge in [-0.25, -0.2) is 0 Å². The lowest BCUT2D eigenvalue weighted by atomic mass is 10.1. The SMILES string of the molecule is CC=C(CC)C(=O)Nc1ccccc1C. The Morgan fingerprint density at radius 2 is 2.07 bits per heavy atom. The quantitative estimate of drug-likeness (QED) is 0.750. The minimum absolute atomic E-state index is 0.00528. The second-order valence-electron chi connectivity index (χ2n) is 3.44. The maximum Gasteiger partial charge on any atom is 0.251 e. The van der Waals surface area contributed by atoms with E-state index in [2.05, 4.69) is 5.32 Å². The summed E-state index contributed by atoms with van der Waals surface area (Å²) >= 11 is 0. The average molecular weight is 203 g/mol. The summed E-state index contributed by atoms with van der Waals surface area (Å²) in [6.07, 6.45) is 2.61. The molecule has 0 spiro atoms. The molecule has 2 nitrogen and oxygen atoms in total. The molecule has 0 aromatic heterocycles. The Hall–Kier alpha value is -1.57. The summed E-state index contributed by atoms with van der Waals surface area (Å²) in [5, 5.41) is 2.90. The molecular formula is C13H17NO. The molecule has 0 aliphatic heterocycles. The largest absolute Gasteiger partial charge is 0.322 e. The smallest absolute Gasteiger partial charge is 0.251 e. The van der Waals surface area contributed by atoms with Gasteiger partial charge in [-0.15, -0.1) is 0 Å². The zero-order valence-electron chi connectivity index (χ0n) is 9.50. The molecular weight excluding hydrogens is 186 g/mol. The lowest BCUT2D eigenvalue weighted by Gasteiger charge is -2.09. The maximum atomic E-state index is 11.7. The number of anilines is 1. The van der Waals surface area contributed by atoms with Gasteiger partial charge < -0.3 is 5.32 Å². The van der Waals surface area contributed by atoms with Crippen LogP contribution in [0.5, 0.6) is 0 Å². The number of amides is 1.